The molecule has 0 N–H and O–H groups in total. The first-order chi connectivity index (χ1) is 13.7. The number of amides is 2. The maximum atomic E-state index is 12.5. The highest BCUT2D eigenvalue weighted by atomic mass is 32.2. The van der Waals surface area contributed by atoms with E-state index in [0.717, 1.165) is 10.6 Å². The topological polar surface area (TPSA) is 71.3 Å². The van der Waals surface area contributed by atoms with E-state index in [1.165, 1.54) is 23.1 Å². The lowest BCUT2D eigenvalue weighted by Gasteiger charge is -2.34. The minimum atomic E-state index is 0.0456. The average Bonchev–Trinajstić information content (AvgIpc) is 3.44. The molecule has 4 rings (SSSR count). The highest BCUT2D eigenvalue weighted by Crippen LogP contribution is 2.17. The molecule has 1 fully saturated rings. The van der Waals surface area contributed by atoms with Crippen LogP contribution in [0.15, 0.2) is 59.3 Å². The van der Waals surface area contributed by atoms with Crippen LogP contribution in [0.2, 0.25) is 0 Å². The van der Waals surface area contributed by atoms with Gasteiger partial charge >= 0.3 is 0 Å². The van der Waals surface area contributed by atoms with Gasteiger partial charge in [0.25, 0.3) is 5.91 Å². The standard InChI is InChI=1S/C19H19N5O2S2/c25-17(13-28-19-20-14-24(21-19)15-5-2-1-3-6-15)22-8-10-23(11-9-22)18(26)16-7-4-12-27-16/h1-7,12,14H,8-11,13H2. The highest BCUT2D eigenvalue weighted by Gasteiger charge is 2.25. The van der Waals surface area contributed by atoms with Gasteiger partial charge in [0.15, 0.2) is 0 Å². The van der Waals surface area contributed by atoms with Crippen molar-refractivity contribution in [2.24, 2.45) is 0 Å². The second-order valence-corrected chi connectivity index (χ2v) is 8.14. The molecule has 0 unspecified atom stereocenters. The molecule has 1 aliphatic heterocycles. The van der Waals surface area contributed by atoms with Crippen LogP contribution in [0.1, 0.15) is 9.67 Å². The Hall–Kier alpha value is -2.65. The first-order valence-corrected chi connectivity index (χ1v) is 10.8. The number of nitrogens with zero attached hydrogens (tertiary/aromatic N) is 5. The van der Waals surface area contributed by atoms with Gasteiger partial charge in [0.05, 0.1) is 16.3 Å². The monoisotopic (exact) mass is 413 g/mol. The van der Waals surface area contributed by atoms with Crippen molar-refractivity contribution in [3.8, 4) is 5.69 Å². The minimum Gasteiger partial charge on any atom is -0.338 e. The second-order valence-electron chi connectivity index (χ2n) is 6.25. The van der Waals surface area contributed by atoms with E-state index in [-0.39, 0.29) is 17.6 Å². The highest BCUT2D eigenvalue weighted by molar-refractivity contribution is 7.99. The van der Waals surface area contributed by atoms with E-state index in [9.17, 15) is 9.59 Å². The minimum absolute atomic E-state index is 0.0456. The predicted molar refractivity (Wildman–Crippen MR) is 109 cm³/mol. The lowest BCUT2D eigenvalue weighted by Crippen LogP contribution is -2.51. The molecule has 2 amide bonds. The Bertz CT molecular complexity index is 934. The van der Waals surface area contributed by atoms with Crippen LogP contribution in [0.5, 0.6) is 0 Å². The number of rotatable bonds is 5. The molecule has 9 heteroatoms. The number of hydrogen-bond donors (Lipinski definition) is 0. The summed E-state index contributed by atoms with van der Waals surface area (Å²) in [6.07, 6.45) is 1.65. The van der Waals surface area contributed by atoms with Gasteiger partial charge in [-0.15, -0.1) is 16.4 Å². The number of carbonyl (C=O) groups is 2. The number of aromatic nitrogens is 3. The van der Waals surface area contributed by atoms with Gasteiger partial charge in [-0.3, -0.25) is 9.59 Å². The van der Waals surface area contributed by atoms with E-state index in [0.29, 0.717) is 31.3 Å². The third-order valence-electron chi connectivity index (χ3n) is 4.47. The molecule has 2 aromatic heterocycles. The molecule has 0 spiro atoms. The number of hydrogen-bond acceptors (Lipinski definition) is 6. The maximum absolute atomic E-state index is 12.5. The quantitative estimate of drug-likeness (QED) is 0.601. The van der Waals surface area contributed by atoms with E-state index in [4.69, 9.17) is 0 Å². The molecule has 1 saturated heterocycles. The SMILES string of the molecule is O=C(CSc1ncn(-c2ccccc2)n1)N1CCN(C(=O)c2cccs2)CC1. The van der Waals surface area contributed by atoms with Crippen LogP contribution in [0.3, 0.4) is 0 Å². The largest absolute Gasteiger partial charge is 0.338 e. The van der Waals surface area contributed by atoms with Crippen molar-refractivity contribution in [3.63, 3.8) is 0 Å². The molecule has 1 aromatic carbocycles. The number of carbonyl (C=O) groups excluding carboxylic acids is 2. The molecule has 0 aliphatic carbocycles. The zero-order valence-electron chi connectivity index (χ0n) is 15.1. The van der Waals surface area contributed by atoms with Crippen LogP contribution < -0.4 is 0 Å². The summed E-state index contributed by atoms with van der Waals surface area (Å²) >= 11 is 2.78. The lowest BCUT2D eigenvalue weighted by molar-refractivity contribution is -0.129. The second kappa shape index (κ2) is 8.57. The number of thioether (sulfide) groups is 1. The molecule has 1 aliphatic rings. The normalized spacial score (nSPS) is 14.3. The Morgan fingerprint density at radius 3 is 2.46 bits per heavy atom. The summed E-state index contributed by atoms with van der Waals surface area (Å²) in [5.41, 5.74) is 0.930. The van der Waals surface area contributed by atoms with Crippen molar-refractivity contribution >= 4 is 34.9 Å². The Morgan fingerprint density at radius 1 is 1.00 bits per heavy atom. The Balaban J connectivity index is 1.26. The molecule has 144 valence electrons. The Labute approximate surface area is 171 Å². The van der Waals surface area contributed by atoms with Crippen LogP contribution in [0.4, 0.5) is 0 Å². The molecule has 7 nitrogen and oxygen atoms in total. The van der Waals surface area contributed by atoms with Crippen molar-refractivity contribution in [2.45, 2.75) is 5.16 Å². The fourth-order valence-electron chi connectivity index (χ4n) is 2.95. The molecule has 3 heterocycles. The third-order valence-corrected chi connectivity index (χ3v) is 6.16. The van der Waals surface area contributed by atoms with Gasteiger partial charge in [-0.05, 0) is 23.6 Å². The molecule has 0 atom stereocenters. The molecule has 0 saturated carbocycles. The number of para-hydroxylation sites is 1. The lowest BCUT2D eigenvalue weighted by atomic mass is 10.3. The van der Waals surface area contributed by atoms with E-state index in [2.05, 4.69) is 10.1 Å². The fraction of sp³-hybridized carbons (Fsp3) is 0.263. The maximum Gasteiger partial charge on any atom is 0.264 e. The van der Waals surface area contributed by atoms with E-state index >= 15 is 0 Å². The van der Waals surface area contributed by atoms with Gasteiger partial charge in [0.2, 0.25) is 11.1 Å². The van der Waals surface area contributed by atoms with Gasteiger partial charge < -0.3 is 9.80 Å². The summed E-state index contributed by atoms with van der Waals surface area (Å²) in [5.74, 6) is 0.383. The average molecular weight is 414 g/mol. The molecule has 0 radical (unpaired) electrons. The molecular weight excluding hydrogens is 394 g/mol. The van der Waals surface area contributed by atoms with Crippen molar-refractivity contribution in [3.05, 3.63) is 59.0 Å². The van der Waals surface area contributed by atoms with Crippen molar-refractivity contribution in [1.29, 1.82) is 0 Å². The van der Waals surface area contributed by atoms with Crippen LogP contribution in [0.25, 0.3) is 5.69 Å². The first-order valence-electron chi connectivity index (χ1n) is 8.91. The van der Waals surface area contributed by atoms with Crippen LogP contribution in [-0.4, -0.2) is 68.3 Å². The van der Waals surface area contributed by atoms with E-state index in [1.807, 2.05) is 52.7 Å². The zero-order chi connectivity index (χ0) is 19.3. The van der Waals surface area contributed by atoms with Gasteiger partial charge in [-0.1, -0.05) is 36.0 Å². The smallest absolute Gasteiger partial charge is 0.264 e. The summed E-state index contributed by atoms with van der Waals surface area (Å²) in [6, 6.07) is 13.4. The first kappa shape index (κ1) is 18.7. The van der Waals surface area contributed by atoms with Gasteiger partial charge in [-0.2, -0.15) is 0 Å². The molecule has 28 heavy (non-hydrogen) atoms. The summed E-state index contributed by atoms with van der Waals surface area (Å²) in [6.45, 7) is 2.24. The van der Waals surface area contributed by atoms with Crippen LogP contribution in [-0.2, 0) is 4.79 Å². The van der Waals surface area contributed by atoms with Crippen molar-refractivity contribution in [2.75, 3.05) is 31.9 Å². The van der Waals surface area contributed by atoms with Crippen LogP contribution >= 0.6 is 23.1 Å². The molecule has 3 aromatic rings. The van der Waals surface area contributed by atoms with E-state index in [1.54, 1.807) is 15.9 Å². The zero-order valence-corrected chi connectivity index (χ0v) is 16.7. The molecule has 0 bridgehead atoms. The van der Waals surface area contributed by atoms with E-state index < -0.39 is 0 Å². The fourth-order valence-corrected chi connectivity index (χ4v) is 4.35. The van der Waals surface area contributed by atoms with Crippen molar-refractivity contribution < 1.29 is 9.59 Å². The Kier molecular flexibility index (Phi) is 5.73. The van der Waals surface area contributed by atoms with Crippen molar-refractivity contribution in [1.82, 2.24) is 24.6 Å². The van der Waals surface area contributed by atoms with Gasteiger partial charge in [-0.25, -0.2) is 9.67 Å². The summed E-state index contributed by atoms with van der Waals surface area (Å²) in [7, 11) is 0. The number of benzene rings is 1. The molecular formula is C19H19N5O2S2. The summed E-state index contributed by atoms with van der Waals surface area (Å²) < 4.78 is 1.70. The Morgan fingerprint density at radius 2 is 1.75 bits per heavy atom. The predicted octanol–water partition coefficient (Wildman–Crippen LogP) is 2.41. The third kappa shape index (κ3) is 4.26. The number of thiophene rings is 1. The van der Waals surface area contributed by atoms with Crippen LogP contribution in [0, 0.1) is 0 Å². The summed E-state index contributed by atoms with van der Waals surface area (Å²) in [5, 5.41) is 6.88. The van der Waals surface area contributed by atoms with Gasteiger partial charge in [0, 0.05) is 26.2 Å². The number of piperazine rings is 1. The summed E-state index contributed by atoms with van der Waals surface area (Å²) in [4.78, 5) is 33.5. The van der Waals surface area contributed by atoms with Gasteiger partial charge in [0.1, 0.15) is 6.33 Å².